The van der Waals surface area contributed by atoms with Crippen LogP contribution < -0.4 is 0 Å². The normalized spacial score (nSPS) is 19.5. The molecule has 2 aromatic rings. The maximum atomic E-state index is 12.5. The fraction of sp³-hybridized carbons (Fsp3) is 0.500. The molecule has 0 bridgehead atoms. The van der Waals surface area contributed by atoms with Gasteiger partial charge in [0.1, 0.15) is 5.82 Å². The Morgan fingerprint density at radius 1 is 1.15 bits per heavy atom. The second kappa shape index (κ2) is 4.62. The van der Waals surface area contributed by atoms with Crippen molar-refractivity contribution in [2.75, 3.05) is 6.54 Å². The van der Waals surface area contributed by atoms with Crippen molar-refractivity contribution in [2.24, 2.45) is 5.92 Å². The number of amides is 1. The van der Waals surface area contributed by atoms with E-state index in [0.29, 0.717) is 12.5 Å². The van der Waals surface area contributed by atoms with Crippen molar-refractivity contribution < 1.29 is 4.79 Å². The van der Waals surface area contributed by atoms with E-state index in [2.05, 4.69) is 15.6 Å². The Morgan fingerprint density at radius 3 is 2.80 bits per heavy atom. The van der Waals surface area contributed by atoms with E-state index in [0.717, 1.165) is 37.3 Å². The SMILES string of the molecule is O=C(C1CCCC1)N1CCn2c(nc3ccccc32)C1. The molecule has 0 saturated heterocycles. The van der Waals surface area contributed by atoms with E-state index in [9.17, 15) is 4.79 Å². The Hall–Kier alpha value is -1.84. The van der Waals surface area contributed by atoms with E-state index in [4.69, 9.17) is 0 Å². The smallest absolute Gasteiger partial charge is 0.226 e. The third-order valence-electron chi connectivity index (χ3n) is 4.68. The van der Waals surface area contributed by atoms with Crippen molar-refractivity contribution >= 4 is 16.9 Å². The molecule has 20 heavy (non-hydrogen) atoms. The zero-order valence-corrected chi connectivity index (χ0v) is 11.6. The van der Waals surface area contributed by atoms with Crippen molar-refractivity contribution in [1.82, 2.24) is 14.5 Å². The summed E-state index contributed by atoms with van der Waals surface area (Å²) in [4.78, 5) is 19.2. The number of benzene rings is 1. The number of carbonyl (C=O) groups excluding carboxylic acids is 1. The fourth-order valence-electron chi connectivity index (χ4n) is 3.59. The number of fused-ring (bicyclic) bond motifs is 3. The highest BCUT2D eigenvalue weighted by molar-refractivity contribution is 5.80. The molecule has 1 aromatic carbocycles. The Bertz CT molecular complexity index is 655. The van der Waals surface area contributed by atoms with Gasteiger partial charge in [-0.3, -0.25) is 4.79 Å². The summed E-state index contributed by atoms with van der Waals surface area (Å²) < 4.78 is 2.26. The van der Waals surface area contributed by atoms with E-state index in [-0.39, 0.29) is 5.92 Å². The third-order valence-corrected chi connectivity index (χ3v) is 4.68. The van der Waals surface area contributed by atoms with Gasteiger partial charge in [-0.25, -0.2) is 4.98 Å². The summed E-state index contributed by atoms with van der Waals surface area (Å²) in [5, 5.41) is 0. The summed E-state index contributed by atoms with van der Waals surface area (Å²) >= 11 is 0. The molecule has 4 nitrogen and oxygen atoms in total. The number of rotatable bonds is 1. The van der Waals surface area contributed by atoms with Gasteiger partial charge in [0.2, 0.25) is 5.91 Å². The molecule has 2 aliphatic rings. The largest absolute Gasteiger partial charge is 0.333 e. The molecule has 0 unspecified atom stereocenters. The van der Waals surface area contributed by atoms with Crippen molar-refractivity contribution in [1.29, 1.82) is 0 Å². The van der Waals surface area contributed by atoms with Crippen LogP contribution >= 0.6 is 0 Å². The van der Waals surface area contributed by atoms with Crippen LogP contribution in [0.4, 0.5) is 0 Å². The average Bonchev–Trinajstić information content (AvgIpc) is 3.13. The second-order valence-electron chi connectivity index (χ2n) is 5.91. The zero-order chi connectivity index (χ0) is 13.5. The van der Waals surface area contributed by atoms with Gasteiger partial charge in [-0.05, 0) is 25.0 Å². The Morgan fingerprint density at radius 2 is 1.95 bits per heavy atom. The third kappa shape index (κ3) is 1.82. The van der Waals surface area contributed by atoms with Crippen LogP contribution in [0.15, 0.2) is 24.3 Å². The number of para-hydroxylation sites is 2. The molecule has 1 aliphatic heterocycles. The minimum atomic E-state index is 0.269. The maximum absolute atomic E-state index is 12.5. The van der Waals surface area contributed by atoms with Crippen LogP contribution in [0.5, 0.6) is 0 Å². The number of nitrogens with zero attached hydrogens (tertiary/aromatic N) is 3. The second-order valence-corrected chi connectivity index (χ2v) is 5.91. The first kappa shape index (κ1) is 11.9. The lowest BCUT2D eigenvalue weighted by Gasteiger charge is -2.30. The highest BCUT2D eigenvalue weighted by atomic mass is 16.2. The summed E-state index contributed by atoms with van der Waals surface area (Å²) in [6.07, 6.45) is 4.57. The Balaban J connectivity index is 1.61. The minimum Gasteiger partial charge on any atom is -0.333 e. The van der Waals surface area contributed by atoms with E-state index in [1.54, 1.807) is 0 Å². The molecular weight excluding hydrogens is 250 g/mol. The van der Waals surface area contributed by atoms with Gasteiger partial charge in [0.05, 0.1) is 17.6 Å². The summed E-state index contributed by atoms with van der Waals surface area (Å²) in [7, 11) is 0. The van der Waals surface area contributed by atoms with Crippen LogP contribution in [-0.2, 0) is 17.9 Å². The lowest BCUT2D eigenvalue weighted by molar-refractivity contribution is -0.136. The summed E-state index contributed by atoms with van der Waals surface area (Å²) in [6.45, 7) is 2.36. The van der Waals surface area contributed by atoms with E-state index in [1.807, 2.05) is 23.1 Å². The van der Waals surface area contributed by atoms with Gasteiger partial charge in [0.15, 0.2) is 0 Å². The number of aromatic nitrogens is 2. The first-order valence-electron chi connectivity index (χ1n) is 7.56. The van der Waals surface area contributed by atoms with Crippen LogP contribution in [-0.4, -0.2) is 26.9 Å². The highest BCUT2D eigenvalue weighted by Crippen LogP contribution is 2.28. The molecule has 1 aromatic heterocycles. The van der Waals surface area contributed by atoms with E-state index < -0.39 is 0 Å². The van der Waals surface area contributed by atoms with Crippen molar-refractivity contribution in [2.45, 2.75) is 38.8 Å². The van der Waals surface area contributed by atoms with Gasteiger partial charge in [-0.15, -0.1) is 0 Å². The minimum absolute atomic E-state index is 0.269. The Kier molecular flexibility index (Phi) is 2.76. The number of imidazole rings is 1. The fourth-order valence-corrected chi connectivity index (χ4v) is 3.59. The molecule has 2 heterocycles. The number of hydrogen-bond donors (Lipinski definition) is 0. The molecule has 0 spiro atoms. The summed E-state index contributed by atoms with van der Waals surface area (Å²) in [5.74, 6) is 1.65. The first-order valence-corrected chi connectivity index (χ1v) is 7.56. The van der Waals surface area contributed by atoms with Gasteiger partial charge < -0.3 is 9.47 Å². The van der Waals surface area contributed by atoms with Gasteiger partial charge in [0, 0.05) is 19.0 Å². The summed E-state index contributed by atoms with van der Waals surface area (Å²) in [5.41, 5.74) is 2.23. The summed E-state index contributed by atoms with van der Waals surface area (Å²) in [6, 6.07) is 8.22. The van der Waals surface area contributed by atoms with Crippen LogP contribution in [0.1, 0.15) is 31.5 Å². The first-order chi connectivity index (χ1) is 9.83. The monoisotopic (exact) mass is 269 g/mol. The topological polar surface area (TPSA) is 38.1 Å². The zero-order valence-electron chi connectivity index (χ0n) is 11.6. The van der Waals surface area contributed by atoms with Crippen LogP contribution in [0.2, 0.25) is 0 Å². The molecule has 1 saturated carbocycles. The average molecular weight is 269 g/mol. The number of carbonyl (C=O) groups is 1. The molecule has 104 valence electrons. The predicted octanol–water partition coefficient (Wildman–Crippen LogP) is 2.57. The molecule has 4 heteroatoms. The van der Waals surface area contributed by atoms with Gasteiger partial charge in [-0.2, -0.15) is 0 Å². The molecule has 0 N–H and O–H groups in total. The van der Waals surface area contributed by atoms with Crippen molar-refractivity contribution in [3.05, 3.63) is 30.1 Å². The molecule has 0 radical (unpaired) electrons. The van der Waals surface area contributed by atoms with Crippen LogP contribution in [0, 0.1) is 5.92 Å². The molecule has 1 fully saturated rings. The lowest BCUT2D eigenvalue weighted by atomic mass is 10.1. The molecule has 1 amide bonds. The van der Waals surface area contributed by atoms with E-state index >= 15 is 0 Å². The lowest BCUT2D eigenvalue weighted by Crippen LogP contribution is -2.41. The molecule has 1 aliphatic carbocycles. The van der Waals surface area contributed by atoms with Gasteiger partial charge in [-0.1, -0.05) is 25.0 Å². The van der Waals surface area contributed by atoms with Gasteiger partial charge >= 0.3 is 0 Å². The quantitative estimate of drug-likeness (QED) is 0.798. The van der Waals surface area contributed by atoms with Crippen molar-refractivity contribution in [3.63, 3.8) is 0 Å². The molecule has 4 rings (SSSR count). The van der Waals surface area contributed by atoms with Crippen LogP contribution in [0.25, 0.3) is 11.0 Å². The van der Waals surface area contributed by atoms with Crippen LogP contribution in [0.3, 0.4) is 0 Å². The van der Waals surface area contributed by atoms with E-state index in [1.165, 1.54) is 18.4 Å². The molecule has 0 atom stereocenters. The van der Waals surface area contributed by atoms with Gasteiger partial charge in [0.25, 0.3) is 0 Å². The Labute approximate surface area is 118 Å². The molecular formula is C16H19N3O. The van der Waals surface area contributed by atoms with Crippen molar-refractivity contribution in [3.8, 4) is 0 Å². The maximum Gasteiger partial charge on any atom is 0.226 e. The predicted molar refractivity (Wildman–Crippen MR) is 77.1 cm³/mol. The standard InChI is InChI=1S/C16H19N3O/c20-16(12-5-1-2-6-12)18-9-10-19-14-8-4-3-7-13(14)17-15(19)11-18/h3-4,7-8,12H,1-2,5-6,9-11H2. The highest BCUT2D eigenvalue weighted by Gasteiger charge is 2.30. The number of hydrogen-bond acceptors (Lipinski definition) is 2.